The fourth-order valence-corrected chi connectivity index (χ4v) is 3.70. The summed E-state index contributed by atoms with van der Waals surface area (Å²) in [6, 6.07) is 12.4. The average Bonchev–Trinajstić information content (AvgIpc) is 3.36. The molecule has 2 aromatic carbocycles. The highest BCUT2D eigenvalue weighted by molar-refractivity contribution is 6.35. The second-order valence-electron chi connectivity index (χ2n) is 7.11. The highest BCUT2D eigenvalue weighted by Gasteiger charge is 2.14. The molecule has 33 heavy (non-hydrogen) atoms. The van der Waals surface area contributed by atoms with Gasteiger partial charge in [0.1, 0.15) is 11.6 Å². The lowest BCUT2D eigenvalue weighted by atomic mass is 10.2. The van der Waals surface area contributed by atoms with Crippen LogP contribution in [0.25, 0.3) is 0 Å². The van der Waals surface area contributed by atoms with Gasteiger partial charge in [0.05, 0.1) is 11.6 Å². The maximum Gasteiger partial charge on any atom is 0.277 e. The number of anilines is 1. The van der Waals surface area contributed by atoms with Crippen molar-refractivity contribution < 1.29 is 13.9 Å². The van der Waals surface area contributed by atoms with Gasteiger partial charge in [-0.05, 0) is 48.9 Å². The number of benzene rings is 2. The minimum Gasteiger partial charge on any atom is -0.470 e. The van der Waals surface area contributed by atoms with Gasteiger partial charge in [0.15, 0.2) is 18.2 Å². The van der Waals surface area contributed by atoms with Crippen LogP contribution < -0.4 is 10.1 Å². The highest BCUT2D eigenvalue weighted by atomic mass is 35.5. The van der Waals surface area contributed by atoms with Gasteiger partial charge in [0, 0.05) is 28.0 Å². The molecule has 0 bridgehead atoms. The Kier molecular flexibility index (Phi) is 6.88. The molecule has 0 aliphatic heterocycles. The molecule has 4 rings (SSSR count). The van der Waals surface area contributed by atoms with E-state index in [-0.39, 0.29) is 12.4 Å². The summed E-state index contributed by atoms with van der Waals surface area (Å²) in [5.41, 5.74) is 1.70. The van der Waals surface area contributed by atoms with E-state index in [1.54, 1.807) is 47.3 Å². The molecule has 2 aromatic heterocycles. The maximum atomic E-state index is 13.3. The number of aromatic nitrogens is 4. The van der Waals surface area contributed by atoms with Gasteiger partial charge >= 0.3 is 0 Å². The van der Waals surface area contributed by atoms with Crippen molar-refractivity contribution >= 4 is 46.5 Å². The van der Waals surface area contributed by atoms with Crippen molar-refractivity contribution in [2.75, 3.05) is 5.32 Å². The van der Waals surface area contributed by atoms with Crippen LogP contribution in [0.1, 0.15) is 21.7 Å². The van der Waals surface area contributed by atoms with Crippen LogP contribution in [-0.4, -0.2) is 25.5 Å². The number of rotatable bonds is 7. The van der Waals surface area contributed by atoms with Gasteiger partial charge in [-0.1, -0.05) is 40.9 Å². The van der Waals surface area contributed by atoms with E-state index in [0.717, 1.165) is 5.69 Å². The molecule has 170 valence electrons. The lowest BCUT2D eigenvalue weighted by Crippen LogP contribution is -2.15. The number of hydrogen-bond acceptors (Lipinski definition) is 4. The lowest BCUT2D eigenvalue weighted by molar-refractivity contribution is 0.101. The molecular weight excluding hydrogens is 492 g/mol. The van der Waals surface area contributed by atoms with Crippen LogP contribution in [0.5, 0.6) is 5.75 Å². The van der Waals surface area contributed by atoms with Crippen molar-refractivity contribution in [2.24, 2.45) is 0 Å². The van der Waals surface area contributed by atoms with E-state index in [1.165, 1.54) is 16.8 Å². The maximum absolute atomic E-state index is 13.3. The smallest absolute Gasteiger partial charge is 0.277 e. The first-order valence-electron chi connectivity index (χ1n) is 9.69. The van der Waals surface area contributed by atoms with E-state index in [1.807, 2.05) is 6.92 Å². The molecule has 4 aromatic rings. The van der Waals surface area contributed by atoms with Crippen molar-refractivity contribution in [2.45, 2.75) is 20.2 Å². The SMILES string of the molecule is Cc1cc(NC(=O)c2ccn(COc3ccc(Cl)cc3Cl)n2)nn1Cc1ccc(F)cc1Cl. The van der Waals surface area contributed by atoms with E-state index in [0.29, 0.717) is 38.7 Å². The van der Waals surface area contributed by atoms with Gasteiger partial charge in [0.25, 0.3) is 5.91 Å². The van der Waals surface area contributed by atoms with E-state index >= 15 is 0 Å². The minimum absolute atomic E-state index is 0.0563. The zero-order valence-corrected chi connectivity index (χ0v) is 19.5. The highest BCUT2D eigenvalue weighted by Crippen LogP contribution is 2.27. The zero-order valence-electron chi connectivity index (χ0n) is 17.2. The average molecular weight is 509 g/mol. The van der Waals surface area contributed by atoms with Crippen LogP contribution in [-0.2, 0) is 13.3 Å². The molecule has 1 N–H and O–H groups in total. The van der Waals surface area contributed by atoms with Gasteiger partial charge < -0.3 is 10.1 Å². The number of nitrogens with one attached hydrogen (secondary N) is 1. The Morgan fingerprint density at radius 3 is 2.64 bits per heavy atom. The normalized spacial score (nSPS) is 10.9. The second-order valence-corrected chi connectivity index (χ2v) is 8.36. The summed E-state index contributed by atoms with van der Waals surface area (Å²) in [7, 11) is 0. The van der Waals surface area contributed by atoms with Gasteiger partial charge in [-0.25, -0.2) is 9.07 Å². The molecule has 0 spiro atoms. The van der Waals surface area contributed by atoms with Crippen molar-refractivity contribution in [1.29, 1.82) is 0 Å². The molecule has 2 heterocycles. The number of hydrogen-bond donors (Lipinski definition) is 1. The number of halogens is 4. The van der Waals surface area contributed by atoms with Crippen molar-refractivity contribution in [3.05, 3.63) is 92.6 Å². The summed E-state index contributed by atoms with van der Waals surface area (Å²) in [6.07, 6.45) is 1.61. The third-order valence-electron chi connectivity index (χ3n) is 4.68. The summed E-state index contributed by atoms with van der Waals surface area (Å²) in [4.78, 5) is 12.6. The Bertz CT molecular complexity index is 1320. The van der Waals surface area contributed by atoms with Gasteiger partial charge in [-0.3, -0.25) is 9.48 Å². The Morgan fingerprint density at radius 2 is 1.88 bits per heavy atom. The third-order valence-corrected chi connectivity index (χ3v) is 5.56. The quantitative estimate of drug-likeness (QED) is 0.341. The van der Waals surface area contributed by atoms with E-state index in [2.05, 4.69) is 15.5 Å². The largest absolute Gasteiger partial charge is 0.470 e. The number of carbonyl (C=O) groups is 1. The standard InChI is InChI=1S/C22H17Cl3FN5O2/c1-13-8-21(29-31(13)11-14-2-4-16(26)10-17(14)24)27-22(32)19-6-7-30(28-19)12-33-20-5-3-15(23)9-18(20)25/h2-10H,11-12H2,1H3,(H,27,29,32). The Labute approximate surface area is 203 Å². The van der Waals surface area contributed by atoms with E-state index in [4.69, 9.17) is 39.5 Å². The Balaban J connectivity index is 1.38. The van der Waals surface area contributed by atoms with Crippen LogP contribution in [0, 0.1) is 12.7 Å². The molecule has 1 amide bonds. The summed E-state index contributed by atoms with van der Waals surface area (Å²) in [5, 5.41) is 12.5. The zero-order chi connectivity index (χ0) is 23.5. The molecule has 0 atom stereocenters. The first-order chi connectivity index (χ1) is 15.8. The second kappa shape index (κ2) is 9.82. The van der Waals surface area contributed by atoms with Crippen LogP contribution in [0.15, 0.2) is 54.7 Å². The minimum atomic E-state index is -0.428. The molecule has 0 fully saturated rings. The lowest BCUT2D eigenvalue weighted by Gasteiger charge is -2.08. The molecule has 11 heteroatoms. The molecule has 7 nitrogen and oxygen atoms in total. The van der Waals surface area contributed by atoms with Crippen LogP contribution in [0.2, 0.25) is 15.1 Å². The Hall–Kier alpha value is -3.07. The topological polar surface area (TPSA) is 74.0 Å². The number of aryl methyl sites for hydroxylation is 1. The number of ether oxygens (including phenoxy) is 1. The van der Waals surface area contributed by atoms with Gasteiger partial charge in [-0.15, -0.1) is 0 Å². The summed E-state index contributed by atoms with van der Waals surface area (Å²) in [5.74, 6) is -0.0305. The number of carbonyl (C=O) groups excluding carboxylic acids is 1. The molecule has 0 aliphatic carbocycles. The van der Waals surface area contributed by atoms with E-state index < -0.39 is 11.7 Å². The molecule has 0 saturated heterocycles. The molecule has 0 radical (unpaired) electrons. The van der Waals surface area contributed by atoms with Gasteiger partial charge in [-0.2, -0.15) is 10.2 Å². The molecule has 0 aliphatic rings. The molecule has 0 saturated carbocycles. The van der Waals surface area contributed by atoms with Crippen molar-refractivity contribution in [3.63, 3.8) is 0 Å². The monoisotopic (exact) mass is 507 g/mol. The summed E-state index contributed by atoms with van der Waals surface area (Å²) in [6.45, 7) is 2.23. The predicted octanol–water partition coefficient (Wildman–Crippen LogP) is 5.82. The first kappa shape index (κ1) is 23.1. The number of amides is 1. The predicted molar refractivity (Wildman–Crippen MR) is 125 cm³/mol. The van der Waals surface area contributed by atoms with Crippen molar-refractivity contribution in [3.8, 4) is 5.75 Å². The molecule has 0 unspecified atom stereocenters. The fourth-order valence-electron chi connectivity index (χ4n) is 3.01. The van der Waals surface area contributed by atoms with Crippen LogP contribution in [0.3, 0.4) is 0 Å². The van der Waals surface area contributed by atoms with Gasteiger partial charge in [0.2, 0.25) is 0 Å². The van der Waals surface area contributed by atoms with Crippen molar-refractivity contribution in [1.82, 2.24) is 19.6 Å². The number of nitrogens with zero attached hydrogens (tertiary/aromatic N) is 4. The van der Waals surface area contributed by atoms with Crippen LogP contribution in [0.4, 0.5) is 10.2 Å². The third kappa shape index (κ3) is 5.65. The molecular formula is C22H17Cl3FN5O2. The Morgan fingerprint density at radius 1 is 1.06 bits per heavy atom. The van der Waals surface area contributed by atoms with Crippen LogP contribution >= 0.6 is 34.8 Å². The summed E-state index contributed by atoms with van der Waals surface area (Å²) >= 11 is 18.1. The first-order valence-corrected chi connectivity index (χ1v) is 10.8. The summed E-state index contributed by atoms with van der Waals surface area (Å²) < 4.78 is 22.0. The van der Waals surface area contributed by atoms with E-state index in [9.17, 15) is 9.18 Å². The fraction of sp³-hybridized carbons (Fsp3) is 0.136.